The van der Waals surface area contributed by atoms with E-state index >= 15 is 0 Å². The monoisotopic (exact) mass is 323 g/mol. The molecule has 0 bridgehead atoms. The van der Waals surface area contributed by atoms with E-state index in [2.05, 4.69) is 4.72 Å². The summed E-state index contributed by atoms with van der Waals surface area (Å²) < 4.78 is 38.2. The van der Waals surface area contributed by atoms with Crippen LogP contribution in [0.15, 0.2) is 27.5 Å². The SMILES string of the molecule is COc1c(C)cc(S(=O)(=O)NCc2cc(C)oc2C)cc1C. The van der Waals surface area contributed by atoms with Gasteiger partial charge in [-0.3, -0.25) is 0 Å². The molecule has 1 aromatic heterocycles. The van der Waals surface area contributed by atoms with Crippen molar-refractivity contribution in [2.24, 2.45) is 0 Å². The number of furan rings is 1. The maximum absolute atomic E-state index is 12.4. The minimum absolute atomic E-state index is 0.204. The molecule has 0 aliphatic heterocycles. The average Bonchev–Trinajstić information content (AvgIpc) is 2.74. The molecule has 0 amide bonds. The van der Waals surface area contributed by atoms with Gasteiger partial charge in [0.25, 0.3) is 0 Å². The Labute approximate surface area is 131 Å². The number of rotatable bonds is 5. The Morgan fingerprint density at radius 3 is 2.14 bits per heavy atom. The van der Waals surface area contributed by atoms with Gasteiger partial charge < -0.3 is 9.15 Å². The molecule has 22 heavy (non-hydrogen) atoms. The van der Waals surface area contributed by atoms with Crippen molar-refractivity contribution in [3.05, 3.63) is 46.4 Å². The van der Waals surface area contributed by atoms with Gasteiger partial charge in [-0.15, -0.1) is 0 Å². The summed E-state index contributed by atoms with van der Waals surface area (Å²) in [5, 5.41) is 0. The maximum atomic E-state index is 12.4. The molecule has 2 aromatic rings. The Hall–Kier alpha value is -1.79. The van der Waals surface area contributed by atoms with Gasteiger partial charge in [0.05, 0.1) is 12.0 Å². The Kier molecular flexibility index (Phi) is 4.63. The smallest absolute Gasteiger partial charge is 0.240 e. The van der Waals surface area contributed by atoms with Crippen LogP contribution in [0.2, 0.25) is 0 Å². The van der Waals surface area contributed by atoms with E-state index in [-0.39, 0.29) is 11.4 Å². The number of benzene rings is 1. The molecule has 0 aliphatic carbocycles. The van der Waals surface area contributed by atoms with Crippen LogP contribution in [0.4, 0.5) is 0 Å². The third kappa shape index (κ3) is 3.34. The lowest BCUT2D eigenvalue weighted by Crippen LogP contribution is -2.23. The van der Waals surface area contributed by atoms with Crippen molar-refractivity contribution in [3.63, 3.8) is 0 Å². The number of sulfonamides is 1. The molecule has 1 heterocycles. The van der Waals surface area contributed by atoms with Crippen molar-refractivity contribution in [1.29, 1.82) is 0 Å². The summed E-state index contributed by atoms with van der Waals surface area (Å²) in [6.45, 7) is 7.51. The normalized spacial score (nSPS) is 11.7. The third-order valence-corrected chi connectivity index (χ3v) is 4.93. The van der Waals surface area contributed by atoms with Crippen molar-refractivity contribution < 1.29 is 17.6 Å². The quantitative estimate of drug-likeness (QED) is 0.918. The summed E-state index contributed by atoms with van der Waals surface area (Å²) in [5.74, 6) is 2.20. The molecule has 0 fully saturated rings. The van der Waals surface area contributed by atoms with Crippen LogP contribution in [0, 0.1) is 27.7 Å². The Balaban J connectivity index is 2.25. The van der Waals surface area contributed by atoms with Gasteiger partial charge in [0.1, 0.15) is 17.3 Å². The molecule has 0 radical (unpaired) electrons. The van der Waals surface area contributed by atoms with Gasteiger partial charge in [0.15, 0.2) is 0 Å². The topological polar surface area (TPSA) is 68.5 Å². The highest BCUT2D eigenvalue weighted by molar-refractivity contribution is 7.89. The van der Waals surface area contributed by atoms with Crippen LogP contribution in [0.1, 0.15) is 28.2 Å². The van der Waals surface area contributed by atoms with Crippen LogP contribution in [0.3, 0.4) is 0 Å². The second-order valence-electron chi connectivity index (χ2n) is 5.35. The number of methoxy groups -OCH3 is 1. The fraction of sp³-hybridized carbons (Fsp3) is 0.375. The molecule has 6 heteroatoms. The lowest BCUT2D eigenvalue weighted by atomic mass is 10.1. The van der Waals surface area contributed by atoms with Crippen molar-refractivity contribution in [1.82, 2.24) is 4.72 Å². The molecular weight excluding hydrogens is 302 g/mol. The Morgan fingerprint density at radius 2 is 1.68 bits per heavy atom. The number of hydrogen-bond donors (Lipinski definition) is 1. The zero-order valence-corrected chi connectivity index (χ0v) is 14.3. The van der Waals surface area contributed by atoms with Crippen molar-refractivity contribution >= 4 is 10.0 Å². The minimum atomic E-state index is -3.58. The lowest BCUT2D eigenvalue weighted by Gasteiger charge is -2.12. The summed E-state index contributed by atoms with van der Waals surface area (Å²) in [7, 11) is -2.01. The van der Waals surface area contributed by atoms with Gasteiger partial charge in [-0.25, -0.2) is 13.1 Å². The highest BCUT2D eigenvalue weighted by atomic mass is 32.2. The molecule has 5 nitrogen and oxygen atoms in total. The van der Waals surface area contributed by atoms with Gasteiger partial charge in [-0.05, 0) is 57.0 Å². The molecule has 1 N–H and O–H groups in total. The summed E-state index contributed by atoms with van der Waals surface area (Å²) >= 11 is 0. The highest BCUT2D eigenvalue weighted by Gasteiger charge is 2.18. The first kappa shape index (κ1) is 16.6. The first-order valence-electron chi connectivity index (χ1n) is 6.95. The van der Waals surface area contributed by atoms with E-state index in [9.17, 15) is 8.42 Å². The predicted molar refractivity (Wildman–Crippen MR) is 84.7 cm³/mol. The van der Waals surface area contributed by atoms with Crippen LogP contribution in [-0.2, 0) is 16.6 Å². The van der Waals surface area contributed by atoms with E-state index in [4.69, 9.17) is 9.15 Å². The number of hydrogen-bond acceptors (Lipinski definition) is 4. The first-order chi connectivity index (χ1) is 10.2. The van der Waals surface area contributed by atoms with E-state index < -0.39 is 10.0 Å². The molecule has 0 aliphatic rings. The van der Waals surface area contributed by atoms with Gasteiger partial charge in [0.2, 0.25) is 10.0 Å². The minimum Gasteiger partial charge on any atom is -0.496 e. The molecule has 0 atom stereocenters. The van der Waals surface area contributed by atoms with Crippen LogP contribution in [-0.4, -0.2) is 15.5 Å². The molecule has 120 valence electrons. The fourth-order valence-electron chi connectivity index (χ4n) is 2.50. The number of nitrogens with one attached hydrogen (secondary N) is 1. The summed E-state index contributed by atoms with van der Waals surface area (Å²) in [4.78, 5) is 0.237. The van der Waals surface area contributed by atoms with Crippen LogP contribution in [0.5, 0.6) is 5.75 Å². The summed E-state index contributed by atoms with van der Waals surface area (Å²) in [6.07, 6.45) is 0. The van der Waals surface area contributed by atoms with E-state index in [0.29, 0.717) is 5.75 Å². The van der Waals surface area contributed by atoms with Gasteiger partial charge >= 0.3 is 0 Å². The predicted octanol–water partition coefficient (Wildman–Crippen LogP) is 3.00. The van der Waals surface area contributed by atoms with Crippen LogP contribution >= 0.6 is 0 Å². The molecule has 1 aromatic carbocycles. The van der Waals surface area contributed by atoms with Crippen LogP contribution < -0.4 is 9.46 Å². The third-order valence-electron chi connectivity index (χ3n) is 3.54. The number of aryl methyl sites for hydroxylation is 4. The lowest BCUT2D eigenvalue weighted by molar-refractivity contribution is 0.408. The Morgan fingerprint density at radius 1 is 1.09 bits per heavy atom. The standard InChI is InChI=1S/C16H21NO4S/c1-10-6-15(7-11(2)16(10)20-5)22(18,19)17-9-14-8-12(3)21-13(14)4/h6-8,17H,9H2,1-5H3. The zero-order chi connectivity index (χ0) is 16.5. The number of ether oxygens (including phenoxy) is 1. The molecule has 0 saturated heterocycles. The molecule has 0 spiro atoms. The summed E-state index contributed by atoms with van der Waals surface area (Å²) in [6, 6.07) is 5.06. The van der Waals surface area contributed by atoms with E-state index in [1.807, 2.05) is 33.8 Å². The van der Waals surface area contributed by atoms with Gasteiger partial charge in [-0.2, -0.15) is 0 Å². The van der Waals surface area contributed by atoms with E-state index in [1.165, 1.54) is 0 Å². The van der Waals surface area contributed by atoms with Gasteiger partial charge in [-0.1, -0.05) is 0 Å². The average molecular weight is 323 g/mol. The van der Waals surface area contributed by atoms with Crippen molar-refractivity contribution in [2.75, 3.05) is 7.11 Å². The zero-order valence-electron chi connectivity index (χ0n) is 13.5. The van der Waals surface area contributed by atoms with Crippen LogP contribution in [0.25, 0.3) is 0 Å². The fourth-order valence-corrected chi connectivity index (χ4v) is 3.68. The second-order valence-corrected chi connectivity index (χ2v) is 7.12. The molecule has 0 saturated carbocycles. The summed E-state index contributed by atoms with van der Waals surface area (Å²) in [5.41, 5.74) is 2.42. The highest BCUT2D eigenvalue weighted by Crippen LogP contribution is 2.26. The molecule has 2 rings (SSSR count). The largest absolute Gasteiger partial charge is 0.496 e. The van der Waals surface area contributed by atoms with E-state index in [1.54, 1.807) is 19.2 Å². The maximum Gasteiger partial charge on any atom is 0.240 e. The molecule has 0 unspecified atom stereocenters. The van der Waals surface area contributed by atoms with E-state index in [0.717, 1.165) is 28.2 Å². The second kappa shape index (κ2) is 6.14. The van der Waals surface area contributed by atoms with Crippen molar-refractivity contribution in [2.45, 2.75) is 39.1 Å². The Bertz CT molecular complexity index is 767. The molecular formula is C16H21NO4S. The van der Waals surface area contributed by atoms with Crippen molar-refractivity contribution in [3.8, 4) is 5.75 Å². The van der Waals surface area contributed by atoms with Gasteiger partial charge in [0, 0.05) is 12.1 Å². The first-order valence-corrected chi connectivity index (χ1v) is 8.43.